The van der Waals surface area contributed by atoms with Crippen LogP contribution in [0, 0.1) is 0 Å². The van der Waals surface area contributed by atoms with Gasteiger partial charge in [0.15, 0.2) is 0 Å². The van der Waals surface area contributed by atoms with E-state index in [0.29, 0.717) is 9.65 Å². The second kappa shape index (κ2) is 10.3. The molecule has 0 saturated heterocycles. The summed E-state index contributed by atoms with van der Waals surface area (Å²) in [6.45, 7) is 4.57. The highest BCUT2D eigenvalue weighted by Gasteiger charge is 2.52. The second-order valence-corrected chi connectivity index (χ2v) is 11.1. The molecule has 1 aliphatic rings. The Morgan fingerprint density at radius 3 is 1.93 bits per heavy atom. The molecule has 28 heavy (non-hydrogen) atoms. The van der Waals surface area contributed by atoms with Crippen molar-refractivity contribution < 1.29 is 0 Å². The van der Waals surface area contributed by atoms with E-state index in [0.717, 1.165) is 0 Å². The van der Waals surface area contributed by atoms with Crippen LogP contribution in [0.5, 0.6) is 0 Å². The maximum atomic E-state index is 4.22. The fraction of sp³-hybridized carbons (Fsp3) is 0.520. The number of hydrogen-bond acceptors (Lipinski definition) is 0. The molecule has 3 rings (SSSR count). The fourth-order valence-electron chi connectivity index (χ4n) is 4.83. The largest absolute Gasteiger partial charge is 0.0877 e. The van der Waals surface area contributed by atoms with Crippen LogP contribution in [0.1, 0.15) is 76.3 Å². The van der Waals surface area contributed by atoms with E-state index >= 15 is 0 Å². The minimum atomic E-state index is -0.0481. The molecule has 2 atom stereocenters. The summed E-state index contributed by atoms with van der Waals surface area (Å²) in [4.78, 5) is 0.803. The highest BCUT2D eigenvalue weighted by atomic mass is 79.9. The Hall–Kier alpha value is -0.120. The van der Waals surface area contributed by atoms with Crippen molar-refractivity contribution in [2.45, 2.75) is 80.3 Å². The average molecular weight is 571 g/mol. The first-order chi connectivity index (χ1) is 13.6. The fourth-order valence-corrected chi connectivity index (χ4v) is 8.12. The van der Waals surface area contributed by atoms with Crippen molar-refractivity contribution in [1.82, 2.24) is 0 Å². The maximum Gasteiger partial charge on any atom is 0.0475 e. The molecule has 0 bridgehead atoms. The van der Waals surface area contributed by atoms with Gasteiger partial charge < -0.3 is 0 Å². The van der Waals surface area contributed by atoms with Crippen LogP contribution in [0.15, 0.2) is 46.9 Å². The lowest BCUT2D eigenvalue weighted by atomic mass is 9.70. The molecule has 3 heteroatoms. The van der Waals surface area contributed by atoms with Crippen molar-refractivity contribution in [3.63, 3.8) is 0 Å². The van der Waals surface area contributed by atoms with Gasteiger partial charge in [0, 0.05) is 19.5 Å². The Morgan fingerprint density at radius 2 is 1.32 bits per heavy atom. The van der Waals surface area contributed by atoms with Gasteiger partial charge in [-0.1, -0.05) is 137 Å². The van der Waals surface area contributed by atoms with Crippen LogP contribution in [-0.4, -0.2) is 9.65 Å². The SMILES string of the molecule is CCCCCC(Br)C1(C(Br)CCCCC)c2ccccc2-c2cccc(Br)c21. The lowest BCUT2D eigenvalue weighted by molar-refractivity contribution is 0.433. The van der Waals surface area contributed by atoms with E-state index in [9.17, 15) is 0 Å². The minimum absolute atomic E-state index is 0.0481. The van der Waals surface area contributed by atoms with Crippen LogP contribution >= 0.6 is 47.8 Å². The number of alkyl halides is 2. The van der Waals surface area contributed by atoms with E-state index in [4.69, 9.17) is 0 Å². The predicted molar refractivity (Wildman–Crippen MR) is 134 cm³/mol. The van der Waals surface area contributed by atoms with Crippen molar-refractivity contribution in [2.75, 3.05) is 0 Å². The number of benzene rings is 2. The van der Waals surface area contributed by atoms with Crippen LogP contribution < -0.4 is 0 Å². The lowest BCUT2D eigenvalue weighted by Gasteiger charge is -2.42. The molecule has 0 nitrogen and oxygen atoms in total. The molecule has 0 aromatic heterocycles. The van der Waals surface area contributed by atoms with Crippen LogP contribution in [0.25, 0.3) is 11.1 Å². The first-order valence-corrected chi connectivity index (χ1v) is 13.4. The smallest absolute Gasteiger partial charge is 0.0475 e. The van der Waals surface area contributed by atoms with Gasteiger partial charge in [0.1, 0.15) is 0 Å². The molecule has 2 unspecified atom stereocenters. The Morgan fingerprint density at radius 1 is 0.750 bits per heavy atom. The van der Waals surface area contributed by atoms with Gasteiger partial charge in [-0.25, -0.2) is 0 Å². The maximum absolute atomic E-state index is 4.22. The van der Waals surface area contributed by atoms with Gasteiger partial charge in [-0.3, -0.25) is 0 Å². The first kappa shape index (κ1) is 22.6. The summed E-state index contributed by atoms with van der Waals surface area (Å²) in [5.74, 6) is 0. The minimum Gasteiger partial charge on any atom is -0.0877 e. The summed E-state index contributed by atoms with van der Waals surface area (Å²) in [5, 5.41) is 0. The van der Waals surface area contributed by atoms with Crippen LogP contribution in [0.2, 0.25) is 0 Å². The molecule has 2 aromatic rings. The Balaban J connectivity index is 2.15. The standard InChI is InChI=1S/C25H31Br3/c1-3-5-7-16-22(27)25(23(28)17-8-6-4-2)20-14-10-9-12-18(20)19-13-11-15-21(26)24(19)25/h9-15,22-23H,3-8,16-17H2,1-2H3. The molecule has 0 spiro atoms. The molecule has 152 valence electrons. The van der Waals surface area contributed by atoms with E-state index in [1.54, 1.807) is 0 Å². The Kier molecular flexibility index (Phi) is 8.27. The molecule has 0 saturated carbocycles. The van der Waals surface area contributed by atoms with Gasteiger partial charge in [0.2, 0.25) is 0 Å². The van der Waals surface area contributed by atoms with Crippen molar-refractivity contribution in [2.24, 2.45) is 0 Å². The van der Waals surface area contributed by atoms with E-state index in [2.05, 4.69) is 104 Å². The lowest BCUT2D eigenvalue weighted by Crippen LogP contribution is -2.44. The molecule has 0 heterocycles. The highest BCUT2D eigenvalue weighted by molar-refractivity contribution is 9.10. The zero-order valence-electron chi connectivity index (χ0n) is 17.0. The van der Waals surface area contributed by atoms with E-state index in [-0.39, 0.29) is 5.41 Å². The number of hydrogen-bond donors (Lipinski definition) is 0. The summed E-state index contributed by atoms with van der Waals surface area (Å²) in [5.41, 5.74) is 5.69. The third kappa shape index (κ3) is 4.05. The zero-order chi connectivity index (χ0) is 20.1. The number of rotatable bonds is 10. The van der Waals surface area contributed by atoms with Gasteiger partial charge in [0.25, 0.3) is 0 Å². The van der Waals surface area contributed by atoms with E-state index in [1.807, 2.05) is 0 Å². The van der Waals surface area contributed by atoms with Gasteiger partial charge in [-0.05, 0) is 41.2 Å². The van der Waals surface area contributed by atoms with Crippen LogP contribution in [-0.2, 0) is 5.41 Å². The Labute approximate surface area is 196 Å². The number of halogens is 3. The second-order valence-electron chi connectivity index (χ2n) is 8.00. The monoisotopic (exact) mass is 568 g/mol. The zero-order valence-corrected chi connectivity index (χ0v) is 21.7. The van der Waals surface area contributed by atoms with Crippen molar-refractivity contribution in [3.05, 3.63) is 58.1 Å². The summed E-state index contributed by atoms with van der Waals surface area (Å²) in [7, 11) is 0. The normalized spacial score (nSPS) is 19.9. The van der Waals surface area contributed by atoms with Crippen molar-refractivity contribution >= 4 is 47.8 Å². The molecule has 0 N–H and O–H groups in total. The summed E-state index contributed by atoms with van der Waals surface area (Å²) >= 11 is 12.4. The highest BCUT2D eigenvalue weighted by Crippen LogP contribution is 2.59. The first-order valence-electron chi connectivity index (χ1n) is 10.8. The predicted octanol–water partition coefficient (Wildman–Crippen LogP) is 9.40. The topological polar surface area (TPSA) is 0 Å². The number of unbranched alkanes of at least 4 members (excludes halogenated alkanes) is 4. The third-order valence-corrected chi connectivity index (χ3v) is 9.22. The van der Waals surface area contributed by atoms with Gasteiger partial charge in [-0.15, -0.1) is 0 Å². The summed E-state index contributed by atoms with van der Waals surface area (Å²) < 4.78 is 1.24. The number of fused-ring (bicyclic) bond motifs is 3. The van der Waals surface area contributed by atoms with Crippen molar-refractivity contribution in [3.8, 4) is 11.1 Å². The van der Waals surface area contributed by atoms with Crippen LogP contribution in [0.4, 0.5) is 0 Å². The van der Waals surface area contributed by atoms with Crippen molar-refractivity contribution in [1.29, 1.82) is 0 Å². The molecule has 1 aliphatic carbocycles. The molecule has 0 fully saturated rings. The van der Waals surface area contributed by atoms with E-state index < -0.39 is 0 Å². The summed E-state index contributed by atoms with van der Waals surface area (Å²) in [6.07, 6.45) is 10.0. The third-order valence-electron chi connectivity index (χ3n) is 6.20. The summed E-state index contributed by atoms with van der Waals surface area (Å²) in [6, 6.07) is 15.8. The van der Waals surface area contributed by atoms with Gasteiger partial charge in [-0.2, -0.15) is 0 Å². The quantitative estimate of drug-likeness (QED) is 0.197. The average Bonchev–Trinajstić information content (AvgIpc) is 3.01. The van der Waals surface area contributed by atoms with E-state index in [1.165, 1.54) is 78.1 Å². The van der Waals surface area contributed by atoms with Gasteiger partial charge in [0.05, 0.1) is 0 Å². The van der Waals surface area contributed by atoms with Crippen LogP contribution in [0.3, 0.4) is 0 Å². The molecule has 0 aliphatic heterocycles. The molecular weight excluding hydrogens is 540 g/mol. The Bertz CT molecular complexity index is 767. The molecule has 0 radical (unpaired) electrons. The molecule has 2 aromatic carbocycles. The molecular formula is C25H31Br3. The molecule has 0 amide bonds. The van der Waals surface area contributed by atoms with Gasteiger partial charge >= 0.3 is 0 Å².